The van der Waals surface area contributed by atoms with Crippen LogP contribution in [0.2, 0.25) is 0 Å². The molecular formula is C15H24N2O3. The van der Waals surface area contributed by atoms with Crippen LogP contribution in [0.15, 0.2) is 18.2 Å². The lowest BCUT2D eigenvalue weighted by molar-refractivity contribution is -0.123. The Morgan fingerprint density at radius 2 is 1.70 bits per heavy atom. The van der Waals surface area contributed by atoms with Crippen molar-refractivity contribution >= 4 is 5.91 Å². The van der Waals surface area contributed by atoms with Gasteiger partial charge in [-0.15, -0.1) is 0 Å². The molecule has 0 saturated heterocycles. The molecule has 0 unspecified atom stereocenters. The van der Waals surface area contributed by atoms with Gasteiger partial charge in [-0.1, -0.05) is 13.8 Å². The molecule has 0 bridgehead atoms. The van der Waals surface area contributed by atoms with Crippen molar-refractivity contribution in [2.45, 2.75) is 20.4 Å². The maximum atomic E-state index is 11.4. The Hall–Kier alpha value is -1.75. The van der Waals surface area contributed by atoms with Crippen LogP contribution in [0, 0.1) is 5.92 Å². The Kier molecular flexibility index (Phi) is 6.87. The lowest BCUT2D eigenvalue weighted by Gasteiger charge is -2.10. The summed E-state index contributed by atoms with van der Waals surface area (Å²) in [6.07, 6.45) is 0. The van der Waals surface area contributed by atoms with Crippen molar-refractivity contribution in [3.8, 4) is 11.5 Å². The molecule has 0 radical (unpaired) electrons. The normalized spacial score (nSPS) is 10.4. The van der Waals surface area contributed by atoms with Crippen LogP contribution in [0.1, 0.15) is 19.4 Å². The highest BCUT2D eigenvalue weighted by Crippen LogP contribution is 2.22. The van der Waals surface area contributed by atoms with E-state index in [4.69, 9.17) is 9.47 Å². The number of benzene rings is 1. The summed E-state index contributed by atoms with van der Waals surface area (Å²) in [5, 5.41) is 6.14. The Bertz CT molecular complexity index is 411. The molecule has 5 nitrogen and oxygen atoms in total. The third-order valence-corrected chi connectivity index (χ3v) is 2.87. The summed E-state index contributed by atoms with van der Waals surface area (Å²) in [5.41, 5.74) is 1.08. The van der Waals surface area contributed by atoms with Crippen LogP contribution >= 0.6 is 0 Å². The van der Waals surface area contributed by atoms with Gasteiger partial charge >= 0.3 is 0 Å². The number of carbonyl (C=O) groups excluding carboxylic acids is 1. The van der Waals surface area contributed by atoms with Gasteiger partial charge in [0.15, 0.2) is 0 Å². The van der Waals surface area contributed by atoms with Crippen LogP contribution in [0.3, 0.4) is 0 Å². The molecule has 112 valence electrons. The average molecular weight is 280 g/mol. The molecule has 1 rings (SSSR count). The van der Waals surface area contributed by atoms with Crippen molar-refractivity contribution in [2.24, 2.45) is 5.92 Å². The first-order valence-electron chi connectivity index (χ1n) is 6.77. The number of amides is 1. The molecule has 2 N–H and O–H groups in total. The van der Waals surface area contributed by atoms with Crippen molar-refractivity contribution < 1.29 is 14.3 Å². The zero-order valence-corrected chi connectivity index (χ0v) is 12.7. The number of nitrogens with one attached hydrogen (secondary N) is 2. The average Bonchev–Trinajstić information content (AvgIpc) is 2.46. The smallest absolute Gasteiger partial charge is 0.222 e. The Morgan fingerprint density at radius 3 is 2.20 bits per heavy atom. The maximum Gasteiger partial charge on any atom is 0.222 e. The van der Waals surface area contributed by atoms with Gasteiger partial charge in [-0.2, -0.15) is 0 Å². The first kappa shape index (κ1) is 16.3. The number of rotatable bonds is 8. The Balaban J connectivity index is 2.36. The van der Waals surface area contributed by atoms with Crippen molar-refractivity contribution in [2.75, 3.05) is 27.3 Å². The fourth-order valence-corrected chi connectivity index (χ4v) is 1.68. The molecule has 0 aromatic heterocycles. The van der Waals surface area contributed by atoms with E-state index in [1.807, 2.05) is 32.0 Å². The second-order valence-corrected chi connectivity index (χ2v) is 4.84. The molecule has 5 heteroatoms. The number of hydrogen-bond acceptors (Lipinski definition) is 4. The zero-order chi connectivity index (χ0) is 15.0. The molecule has 1 amide bonds. The standard InChI is InChI=1S/C15H24N2O3/c1-11(2)15(18)17-6-5-16-10-12-7-13(19-3)9-14(8-12)20-4/h7-9,11,16H,5-6,10H2,1-4H3,(H,17,18). The Labute approximate surface area is 120 Å². The van der Waals surface area contributed by atoms with E-state index in [9.17, 15) is 4.79 Å². The molecule has 0 heterocycles. The first-order chi connectivity index (χ1) is 9.56. The fourth-order valence-electron chi connectivity index (χ4n) is 1.68. The molecule has 0 atom stereocenters. The van der Waals surface area contributed by atoms with E-state index in [0.717, 1.165) is 23.6 Å². The molecular weight excluding hydrogens is 256 g/mol. The van der Waals surface area contributed by atoms with E-state index in [-0.39, 0.29) is 11.8 Å². The molecule has 20 heavy (non-hydrogen) atoms. The highest BCUT2D eigenvalue weighted by molar-refractivity contribution is 5.77. The van der Waals surface area contributed by atoms with Gasteiger partial charge in [0.25, 0.3) is 0 Å². The highest BCUT2D eigenvalue weighted by Gasteiger charge is 2.05. The second kappa shape index (κ2) is 8.43. The Morgan fingerprint density at radius 1 is 1.10 bits per heavy atom. The van der Waals surface area contributed by atoms with Gasteiger partial charge in [0.1, 0.15) is 11.5 Å². The van der Waals surface area contributed by atoms with Gasteiger partial charge in [0, 0.05) is 31.6 Å². The minimum Gasteiger partial charge on any atom is -0.497 e. The summed E-state index contributed by atoms with van der Waals surface area (Å²) in [4.78, 5) is 11.4. The number of methoxy groups -OCH3 is 2. The van der Waals surface area contributed by atoms with Gasteiger partial charge in [-0.3, -0.25) is 4.79 Å². The van der Waals surface area contributed by atoms with Crippen LogP contribution in [0.5, 0.6) is 11.5 Å². The van der Waals surface area contributed by atoms with E-state index in [1.165, 1.54) is 0 Å². The molecule has 0 aliphatic heterocycles. The first-order valence-corrected chi connectivity index (χ1v) is 6.77. The van der Waals surface area contributed by atoms with Gasteiger partial charge in [-0.25, -0.2) is 0 Å². The molecule has 0 saturated carbocycles. The summed E-state index contributed by atoms with van der Waals surface area (Å²) in [6, 6.07) is 5.76. The minimum absolute atomic E-state index is 0.0256. The summed E-state index contributed by atoms with van der Waals surface area (Å²) >= 11 is 0. The lowest BCUT2D eigenvalue weighted by Crippen LogP contribution is -2.34. The van der Waals surface area contributed by atoms with E-state index in [0.29, 0.717) is 13.1 Å². The van der Waals surface area contributed by atoms with Crippen molar-refractivity contribution in [3.05, 3.63) is 23.8 Å². The number of hydrogen-bond donors (Lipinski definition) is 2. The van der Waals surface area contributed by atoms with Crippen LogP contribution in [-0.4, -0.2) is 33.2 Å². The third kappa shape index (κ3) is 5.48. The SMILES string of the molecule is COc1cc(CNCCNC(=O)C(C)C)cc(OC)c1. The quantitative estimate of drug-likeness (QED) is 0.710. The third-order valence-electron chi connectivity index (χ3n) is 2.87. The molecule has 0 aliphatic rings. The monoisotopic (exact) mass is 280 g/mol. The van der Waals surface area contributed by atoms with Crippen LogP contribution in [0.4, 0.5) is 0 Å². The van der Waals surface area contributed by atoms with E-state index in [1.54, 1.807) is 14.2 Å². The fraction of sp³-hybridized carbons (Fsp3) is 0.533. The number of carbonyl (C=O) groups is 1. The van der Waals surface area contributed by atoms with Gasteiger partial charge in [0.2, 0.25) is 5.91 Å². The highest BCUT2D eigenvalue weighted by atomic mass is 16.5. The topological polar surface area (TPSA) is 59.6 Å². The van der Waals surface area contributed by atoms with Crippen molar-refractivity contribution in [1.29, 1.82) is 0 Å². The summed E-state index contributed by atoms with van der Waals surface area (Å²) in [7, 11) is 3.26. The predicted molar refractivity (Wildman–Crippen MR) is 79.1 cm³/mol. The summed E-state index contributed by atoms with van der Waals surface area (Å²) in [5.74, 6) is 1.65. The molecule has 0 spiro atoms. The van der Waals surface area contributed by atoms with Crippen LogP contribution < -0.4 is 20.1 Å². The second-order valence-electron chi connectivity index (χ2n) is 4.84. The molecule has 1 aromatic carbocycles. The van der Waals surface area contributed by atoms with Crippen LogP contribution in [-0.2, 0) is 11.3 Å². The van der Waals surface area contributed by atoms with Gasteiger partial charge in [0.05, 0.1) is 14.2 Å². The maximum absolute atomic E-state index is 11.4. The van der Waals surface area contributed by atoms with Crippen molar-refractivity contribution in [3.63, 3.8) is 0 Å². The number of ether oxygens (including phenoxy) is 2. The molecule has 0 fully saturated rings. The van der Waals surface area contributed by atoms with Crippen LogP contribution in [0.25, 0.3) is 0 Å². The lowest BCUT2D eigenvalue weighted by atomic mass is 10.2. The van der Waals surface area contributed by atoms with E-state index in [2.05, 4.69) is 10.6 Å². The van der Waals surface area contributed by atoms with Gasteiger partial charge in [-0.05, 0) is 17.7 Å². The van der Waals surface area contributed by atoms with E-state index >= 15 is 0 Å². The summed E-state index contributed by atoms with van der Waals surface area (Å²) in [6.45, 7) is 5.80. The zero-order valence-electron chi connectivity index (χ0n) is 12.7. The summed E-state index contributed by atoms with van der Waals surface area (Å²) < 4.78 is 10.4. The van der Waals surface area contributed by atoms with Gasteiger partial charge < -0.3 is 20.1 Å². The molecule has 1 aromatic rings. The van der Waals surface area contributed by atoms with Crippen molar-refractivity contribution in [1.82, 2.24) is 10.6 Å². The largest absolute Gasteiger partial charge is 0.497 e. The molecule has 0 aliphatic carbocycles. The minimum atomic E-state index is 0.0256. The predicted octanol–water partition coefficient (Wildman–Crippen LogP) is 1.57. The van der Waals surface area contributed by atoms with E-state index < -0.39 is 0 Å².